The predicted molar refractivity (Wildman–Crippen MR) is 287 cm³/mol. The van der Waals surface area contributed by atoms with Crippen LogP contribution in [0.4, 0.5) is 22.7 Å². The van der Waals surface area contributed by atoms with E-state index in [0.29, 0.717) is 18.2 Å². The molecule has 1 spiro atoms. The van der Waals surface area contributed by atoms with Gasteiger partial charge in [0.1, 0.15) is 5.84 Å². The SMILES string of the molecule is CC1=CC2=C(CC1)C1(c3ccccc3N(c3ccccc3)c3ccccc31)c1cccc(C(N)=NC(=NCc3ccccc3)c3ccccc3)c12.Nc1c(Cc2ccccc2)sc2ccccc12. The van der Waals surface area contributed by atoms with Crippen molar-refractivity contribution in [2.75, 3.05) is 10.6 Å². The van der Waals surface area contributed by atoms with Crippen molar-refractivity contribution in [1.29, 1.82) is 0 Å². The fourth-order valence-electron chi connectivity index (χ4n) is 10.5. The molecule has 0 bridgehead atoms. The number of nitrogens with two attached hydrogens (primary N) is 2. The van der Waals surface area contributed by atoms with E-state index in [-0.39, 0.29) is 0 Å². The zero-order valence-corrected chi connectivity index (χ0v) is 38.8. The van der Waals surface area contributed by atoms with Gasteiger partial charge in [-0.1, -0.05) is 194 Å². The third-order valence-electron chi connectivity index (χ3n) is 13.5. The number of fused-ring (bicyclic) bond motifs is 9. The lowest BCUT2D eigenvalue weighted by Crippen LogP contribution is -2.37. The summed E-state index contributed by atoms with van der Waals surface area (Å²) in [5.41, 5.74) is 30.7. The van der Waals surface area contributed by atoms with Crippen LogP contribution in [-0.2, 0) is 18.4 Å². The maximum Gasteiger partial charge on any atom is 0.157 e. The topological polar surface area (TPSA) is 80.0 Å². The standard InChI is InChI=1S/C47H38N4.C15H13NS/c1-32-28-29-38-37(30-32)44-36(45(48)50-46(34-18-7-3-8-19-34)49-31-33-16-5-2-6-17-33)22-15-25-41(44)47(38)39-23-11-13-26-42(39)51(35-20-9-4-10-21-35)43-27-14-12-24-40(43)47;16-15-12-8-4-5-9-13(12)17-14(15)10-11-6-2-1-3-7-11/h2-27,30H,28-29,31H2,1H3,(H2,48,49,50);1-9H,10,16H2. The Kier molecular flexibility index (Phi) is 11.5. The van der Waals surface area contributed by atoms with Gasteiger partial charge < -0.3 is 16.4 Å². The smallest absolute Gasteiger partial charge is 0.157 e. The maximum absolute atomic E-state index is 7.15. The molecule has 5 nitrogen and oxygen atoms in total. The second-order valence-electron chi connectivity index (χ2n) is 17.7. The minimum Gasteiger partial charge on any atom is -0.397 e. The molecule has 0 saturated heterocycles. The summed E-state index contributed by atoms with van der Waals surface area (Å²) in [5, 5.41) is 1.18. The van der Waals surface area contributed by atoms with E-state index in [0.717, 1.165) is 47.3 Å². The molecule has 3 aliphatic rings. The molecule has 1 aromatic heterocycles. The molecule has 330 valence electrons. The molecule has 4 N–H and O–H groups in total. The Morgan fingerprint density at radius 2 is 1.18 bits per heavy atom. The number of hydrogen-bond donors (Lipinski definition) is 2. The monoisotopic (exact) mass is 897 g/mol. The van der Waals surface area contributed by atoms with Crippen molar-refractivity contribution >= 4 is 61.4 Å². The first-order valence-electron chi connectivity index (χ1n) is 23.4. The van der Waals surface area contributed by atoms with Gasteiger partial charge in [0.05, 0.1) is 29.0 Å². The molecule has 1 aliphatic heterocycles. The Morgan fingerprint density at radius 1 is 0.603 bits per heavy atom. The molecule has 0 fully saturated rings. The molecule has 8 aromatic carbocycles. The lowest BCUT2D eigenvalue weighted by Gasteiger charge is -2.46. The summed E-state index contributed by atoms with van der Waals surface area (Å²) >= 11 is 1.79. The van der Waals surface area contributed by atoms with Gasteiger partial charge in [0.25, 0.3) is 0 Å². The number of hydrogen-bond acceptors (Lipinski definition) is 4. The van der Waals surface area contributed by atoms with Crippen LogP contribution >= 0.6 is 11.3 Å². The van der Waals surface area contributed by atoms with Crippen molar-refractivity contribution in [2.45, 2.75) is 38.1 Å². The number of benzene rings is 8. The summed E-state index contributed by atoms with van der Waals surface area (Å²) in [4.78, 5) is 13.8. The fraction of sp³-hybridized carbons (Fsp3) is 0.0968. The van der Waals surface area contributed by atoms with Gasteiger partial charge in [0.15, 0.2) is 5.84 Å². The molecule has 2 heterocycles. The second-order valence-corrected chi connectivity index (χ2v) is 18.8. The molecule has 2 aliphatic carbocycles. The van der Waals surface area contributed by atoms with Gasteiger partial charge in [-0.05, 0) is 94.6 Å². The summed E-state index contributed by atoms with van der Waals surface area (Å²) in [5.74, 6) is 1.09. The van der Waals surface area contributed by atoms with Crippen LogP contribution in [0, 0.1) is 0 Å². The molecule has 68 heavy (non-hydrogen) atoms. The molecule has 0 saturated carbocycles. The third-order valence-corrected chi connectivity index (χ3v) is 14.7. The first-order chi connectivity index (χ1) is 33.5. The van der Waals surface area contributed by atoms with Gasteiger partial charge in [-0.15, -0.1) is 11.3 Å². The fourth-order valence-corrected chi connectivity index (χ4v) is 11.6. The van der Waals surface area contributed by atoms with E-state index in [4.69, 9.17) is 21.5 Å². The van der Waals surface area contributed by atoms with E-state index in [1.54, 1.807) is 11.3 Å². The number of nitrogen functional groups attached to an aromatic ring is 1. The van der Waals surface area contributed by atoms with Gasteiger partial charge in [-0.3, -0.25) is 4.99 Å². The molecule has 0 amide bonds. The van der Waals surface area contributed by atoms with E-state index >= 15 is 0 Å². The molecule has 12 rings (SSSR count). The van der Waals surface area contributed by atoms with Crippen LogP contribution < -0.4 is 16.4 Å². The van der Waals surface area contributed by atoms with Crippen LogP contribution in [0.25, 0.3) is 15.7 Å². The van der Waals surface area contributed by atoms with Crippen LogP contribution in [0.3, 0.4) is 0 Å². The van der Waals surface area contributed by atoms with Crippen molar-refractivity contribution in [1.82, 2.24) is 0 Å². The van der Waals surface area contributed by atoms with Gasteiger partial charge in [0.2, 0.25) is 0 Å². The van der Waals surface area contributed by atoms with Crippen molar-refractivity contribution in [3.63, 3.8) is 0 Å². The highest BCUT2D eigenvalue weighted by atomic mass is 32.1. The summed E-state index contributed by atoms with van der Waals surface area (Å²) in [6.45, 7) is 2.76. The average Bonchev–Trinajstić information content (AvgIpc) is 3.87. The minimum absolute atomic E-state index is 0.464. The van der Waals surface area contributed by atoms with Crippen LogP contribution in [0.2, 0.25) is 0 Å². The molecule has 0 atom stereocenters. The quantitative estimate of drug-likeness (QED) is 0.124. The summed E-state index contributed by atoms with van der Waals surface area (Å²) in [6, 6.07) is 74.5. The Morgan fingerprint density at radius 3 is 1.85 bits per heavy atom. The van der Waals surface area contributed by atoms with E-state index in [1.807, 2.05) is 60.7 Å². The van der Waals surface area contributed by atoms with E-state index in [1.165, 1.54) is 70.9 Å². The molecular weight excluding hydrogens is 847 g/mol. The van der Waals surface area contributed by atoms with E-state index < -0.39 is 5.41 Å². The zero-order valence-electron chi connectivity index (χ0n) is 38.0. The van der Waals surface area contributed by atoms with Gasteiger partial charge in [-0.25, -0.2) is 4.99 Å². The summed E-state index contributed by atoms with van der Waals surface area (Å²) < 4.78 is 1.27. The Bertz CT molecular complexity index is 3370. The van der Waals surface area contributed by atoms with Gasteiger partial charge in [0, 0.05) is 38.2 Å². The second kappa shape index (κ2) is 18.3. The lowest BCUT2D eigenvalue weighted by atomic mass is 9.62. The van der Waals surface area contributed by atoms with Crippen LogP contribution in [0.5, 0.6) is 0 Å². The van der Waals surface area contributed by atoms with Crippen LogP contribution in [-0.4, -0.2) is 11.7 Å². The first-order valence-corrected chi connectivity index (χ1v) is 24.2. The third kappa shape index (κ3) is 7.63. The largest absolute Gasteiger partial charge is 0.397 e. The summed E-state index contributed by atoms with van der Waals surface area (Å²) in [6.07, 6.45) is 5.31. The highest BCUT2D eigenvalue weighted by molar-refractivity contribution is 7.19. The Labute approximate surface area is 402 Å². The average molecular weight is 898 g/mol. The van der Waals surface area contributed by atoms with E-state index in [2.05, 4.69) is 170 Å². The maximum atomic E-state index is 7.15. The highest BCUT2D eigenvalue weighted by Gasteiger charge is 2.53. The van der Waals surface area contributed by atoms with Crippen LogP contribution in [0.1, 0.15) is 69.2 Å². The van der Waals surface area contributed by atoms with Crippen molar-refractivity contribution in [3.05, 3.63) is 279 Å². The number of para-hydroxylation sites is 3. The normalized spacial score (nSPS) is 14.7. The Balaban J connectivity index is 0.000000250. The number of anilines is 4. The number of aliphatic imine (C=N–C) groups is 2. The Hall–Kier alpha value is -8.06. The van der Waals surface area contributed by atoms with Gasteiger partial charge in [-0.2, -0.15) is 0 Å². The van der Waals surface area contributed by atoms with Crippen molar-refractivity contribution in [2.24, 2.45) is 15.7 Å². The van der Waals surface area contributed by atoms with Gasteiger partial charge >= 0.3 is 0 Å². The molecule has 6 heteroatoms. The van der Waals surface area contributed by atoms with Crippen molar-refractivity contribution in [3.8, 4) is 0 Å². The van der Waals surface area contributed by atoms with Crippen molar-refractivity contribution < 1.29 is 0 Å². The first kappa shape index (κ1) is 42.6. The predicted octanol–water partition coefficient (Wildman–Crippen LogP) is 14.7. The van der Waals surface area contributed by atoms with Crippen LogP contribution in [0.15, 0.2) is 240 Å². The molecule has 0 radical (unpaired) electrons. The molecule has 9 aromatic rings. The summed E-state index contributed by atoms with van der Waals surface area (Å²) in [7, 11) is 0. The molecular formula is C62H51N5S. The number of amidine groups is 2. The number of nitrogens with zero attached hydrogens (tertiary/aromatic N) is 3. The minimum atomic E-state index is -0.486. The molecule has 0 unspecified atom stereocenters. The number of allylic oxidation sites excluding steroid dienone is 4. The number of thiophene rings is 1. The number of rotatable bonds is 7. The zero-order chi connectivity index (χ0) is 46.0. The lowest BCUT2D eigenvalue weighted by molar-refractivity contribution is 0.680. The van der Waals surface area contributed by atoms with E-state index in [9.17, 15) is 0 Å². The highest BCUT2D eigenvalue weighted by Crippen LogP contribution is 2.64.